The Balaban J connectivity index is 1.37. The summed E-state index contributed by atoms with van der Waals surface area (Å²) in [5.74, 6) is -0.193. The molecule has 10 heteroatoms. The molecule has 1 amide bonds. The molecule has 2 aromatic heterocycles. The molecule has 9 nitrogen and oxygen atoms in total. The zero-order valence-electron chi connectivity index (χ0n) is 16.1. The maximum absolute atomic E-state index is 13.5. The van der Waals surface area contributed by atoms with Crippen molar-refractivity contribution in [2.75, 3.05) is 18.0 Å². The summed E-state index contributed by atoms with van der Waals surface area (Å²) in [4.78, 5) is 34.4. The number of nitrogens with one attached hydrogen (secondary N) is 1. The van der Waals surface area contributed by atoms with Gasteiger partial charge in [0.15, 0.2) is 0 Å². The van der Waals surface area contributed by atoms with Crippen LogP contribution in [0, 0.1) is 11.7 Å². The Morgan fingerprint density at radius 3 is 2.60 bits per heavy atom. The maximum Gasteiger partial charge on any atom is 0.332 e. The molecule has 156 valence electrons. The lowest BCUT2D eigenvalue weighted by Crippen LogP contribution is -2.37. The van der Waals surface area contributed by atoms with E-state index in [0.29, 0.717) is 24.1 Å². The van der Waals surface area contributed by atoms with Crippen LogP contribution in [0.1, 0.15) is 23.2 Å². The minimum atomic E-state index is -0.657. The Morgan fingerprint density at radius 1 is 1.20 bits per heavy atom. The summed E-state index contributed by atoms with van der Waals surface area (Å²) in [6.07, 6.45) is 7.85. The number of benzene rings is 1. The number of amides is 1. The van der Waals surface area contributed by atoms with Gasteiger partial charge in [0.05, 0.1) is 11.3 Å². The molecule has 3 heterocycles. The molecule has 4 rings (SSSR count). The van der Waals surface area contributed by atoms with Gasteiger partial charge in [-0.15, -0.1) is 0 Å². The first-order valence-corrected chi connectivity index (χ1v) is 9.60. The van der Waals surface area contributed by atoms with Gasteiger partial charge < -0.3 is 4.90 Å². The van der Waals surface area contributed by atoms with Crippen LogP contribution in [0.4, 0.5) is 10.3 Å². The lowest BCUT2D eigenvalue weighted by Gasteiger charge is -2.31. The lowest BCUT2D eigenvalue weighted by atomic mass is 9.97. The van der Waals surface area contributed by atoms with Crippen LogP contribution < -0.4 is 16.1 Å². The van der Waals surface area contributed by atoms with Crippen molar-refractivity contribution in [3.05, 3.63) is 70.9 Å². The van der Waals surface area contributed by atoms with Gasteiger partial charge in [0.2, 0.25) is 5.95 Å². The van der Waals surface area contributed by atoms with Gasteiger partial charge in [-0.05, 0) is 37.0 Å². The van der Waals surface area contributed by atoms with E-state index in [0.717, 1.165) is 25.9 Å². The van der Waals surface area contributed by atoms with Crippen LogP contribution in [-0.2, 0) is 6.54 Å². The van der Waals surface area contributed by atoms with E-state index < -0.39 is 5.91 Å². The van der Waals surface area contributed by atoms with Gasteiger partial charge in [-0.2, -0.15) is 0 Å². The number of imidazole rings is 1. The van der Waals surface area contributed by atoms with Crippen molar-refractivity contribution in [3.63, 3.8) is 0 Å². The monoisotopic (exact) mass is 412 g/mol. The van der Waals surface area contributed by atoms with E-state index in [4.69, 9.17) is 5.21 Å². The summed E-state index contributed by atoms with van der Waals surface area (Å²) in [5, 5.41) is 8.65. The molecular formula is C20H21FN6O3. The number of anilines is 1. The van der Waals surface area contributed by atoms with Crippen molar-refractivity contribution in [1.82, 2.24) is 24.6 Å². The number of carbonyl (C=O) groups is 1. The van der Waals surface area contributed by atoms with Crippen molar-refractivity contribution in [2.24, 2.45) is 5.92 Å². The van der Waals surface area contributed by atoms with Crippen LogP contribution >= 0.6 is 0 Å². The first kappa shape index (κ1) is 19.8. The van der Waals surface area contributed by atoms with Crippen LogP contribution in [0.5, 0.6) is 0 Å². The lowest BCUT2D eigenvalue weighted by molar-refractivity contribution is 0.0705. The molecule has 0 saturated carbocycles. The first-order chi connectivity index (χ1) is 14.5. The fourth-order valence-electron chi connectivity index (χ4n) is 3.63. The summed E-state index contributed by atoms with van der Waals surface area (Å²) >= 11 is 0. The van der Waals surface area contributed by atoms with Crippen LogP contribution in [-0.4, -0.2) is 43.3 Å². The van der Waals surface area contributed by atoms with E-state index in [2.05, 4.69) is 9.97 Å². The molecule has 1 saturated heterocycles. The minimum absolute atomic E-state index is 0.179. The highest BCUT2D eigenvalue weighted by atomic mass is 19.1. The second kappa shape index (κ2) is 8.46. The van der Waals surface area contributed by atoms with Crippen LogP contribution in [0.25, 0.3) is 5.69 Å². The number of hydrogen-bond acceptors (Lipinski definition) is 6. The normalized spacial score (nSPS) is 14.7. The zero-order chi connectivity index (χ0) is 21.1. The molecular weight excluding hydrogens is 391 g/mol. The average molecular weight is 412 g/mol. The molecule has 1 aliphatic heterocycles. The molecule has 1 aliphatic rings. The summed E-state index contributed by atoms with van der Waals surface area (Å²) in [6, 6.07) is 5.95. The topological polar surface area (TPSA) is 105 Å². The Labute approximate surface area is 171 Å². The van der Waals surface area contributed by atoms with Gasteiger partial charge in [0, 0.05) is 44.4 Å². The number of hydroxylamine groups is 1. The van der Waals surface area contributed by atoms with Gasteiger partial charge in [-0.1, -0.05) is 6.07 Å². The molecule has 0 atom stereocenters. The quantitative estimate of drug-likeness (QED) is 0.487. The molecule has 0 bridgehead atoms. The number of nitrogens with zero attached hydrogens (tertiary/aromatic N) is 5. The largest absolute Gasteiger partial charge is 0.341 e. The number of carbonyl (C=O) groups excluding carboxylic acids is 1. The summed E-state index contributed by atoms with van der Waals surface area (Å²) in [7, 11) is 0. The van der Waals surface area contributed by atoms with Gasteiger partial charge in [0.25, 0.3) is 5.91 Å². The van der Waals surface area contributed by atoms with Crippen molar-refractivity contribution >= 4 is 11.9 Å². The molecule has 0 spiro atoms. The number of aromatic nitrogens is 4. The van der Waals surface area contributed by atoms with E-state index in [-0.39, 0.29) is 17.1 Å². The highest BCUT2D eigenvalue weighted by Crippen LogP contribution is 2.22. The fourth-order valence-corrected chi connectivity index (χ4v) is 3.63. The minimum Gasteiger partial charge on any atom is -0.341 e. The number of halogens is 1. The van der Waals surface area contributed by atoms with Crippen LogP contribution in [0.3, 0.4) is 0 Å². The molecule has 30 heavy (non-hydrogen) atoms. The fraction of sp³-hybridized carbons (Fsp3) is 0.300. The second-order valence-corrected chi connectivity index (χ2v) is 7.23. The van der Waals surface area contributed by atoms with Crippen molar-refractivity contribution in [2.45, 2.75) is 19.4 Å². The van der Waals surface area contributed by atoms with Gasteiger partial charge >= 0.3 is 5.69 Å². The van der Waals surface area contributed by atoms with Gasteiger partial charge in [0.1, 0.15) is 5.82 Å². The average Bonchev–Trinajstić information content (AvgIpc) is 3.14. The summed E-state index contributed by atoms with van der Waals surface area (Å²) in [5.41, 5.74) is 2.04. The highest BCUT2D eigenvalue weighted by Gasteiger charge is 2.22. The predicted molar refractivity (Wildman–Crippen MR) is 106 cm³/mol. The van der Waals surface area contributed by atoms with E-state index in [9.17, 15) is 14.0 Å². The van der Waals surface area contributed by atoms with Gasteiger partial charge in [-0.25, -0.2) is 24.6 Å². The molecule has 1 fully saturated rings. The van der Waals surface area contributed by atoms with Crippen molar-refractivity contribution in [1.29, 1.82) is 0 Å². The van der Waals surface area contributed by atoms with Crippen molar-refractivity contribution in [3.8, 4) is 5.69 Å². The van der Waals surface area contributed by atoms with E-state index in [1.54, 1.807) is 34.6 Å². The molecule has 0 unspecified atom stereocenters. The molecule has 0 radical (unpaired) electrons. The zero-order valence-corrected chi connectivity index (χ0v) is 16.1. The third-order valence-electron chi connectivity index (χ3n) is 5.29. The van der Waals surface area contributed by atoms with E-state index in [1.807, 2.05) is 4.90 Å². The predicted octanol–water partition coefficient (Wildman–Crippen LogP) is 1.60. The smallest absolute Gasteiger partial charge is 0.332 e. The summed E-state index contributed by atoms with van der Waals surface area (Å²) in [6.45, 7) is 2.05. The second-order valence-electron chi connectivity index (χ2n) is 7.23. The standard InChI is InChI=1S/C20H21FN6O3/c21-16-2-1-3-17(10-16)27-9-8-26(20(27)29)13-14-4-6-25(7-5-14)19-22-11-15(12-23-19)18(28)24-30/h1-3,8-12,14,30H,4-7,13H2,(H,24,28). The molecule has 0 aliphatic carbocycles. The van der Waals surface area contributed by atoms with Crippen LogP contribution in [0.2, 0.25) is 0 Å². The Kier molecular flexibility index (Phi) is 5.57. The summed E-state index contributed by atoms with van der Waals surface area (Å²) < 4.78 is 16.5. The number of piperidine rings is 1. The SMILES string of the molecule is O=C(NO)c1cnc(N2CCC(Cn3ccn(-c4cccc(F)c4)c3=O)CC2)nc1. The van der Waals surface area contributed by atoms with E-state index >= 15 is 0 Å². The Morgan fingerprint density at radius 2 is 1.93 bits per heavy atom. The third-order valence-corrected chi connectivity index (χ3v) is 5.29. The molecule has 1 aromatic carbocycles. The third kappa shape index (κ3) is 4.08. The van der Waals surface area contributed by atoms with E-state index in [1.165, 1.54) is 29.1 Å². The Hall–Kier alpha value is -3.53. The Bertz CT molecular complexity index is 1090. The highest BCUT2D eigenvalue weighted by molar-refractivity contribution is 5.92. The molecule has 3 aromatic rings. The number of rotatable bonds is 5. The molecule has 2 N–H and O–H groups in total. The van der Waals surface area contributed by atoms with Crippen LogP contribution in [0.15, 0.2) is 53.8 Å². The van der Waals surface area contributed by atoms with Gasteiger partial charge in [-0.3, -0.25) is 19.1 Å². The first-order valence-electron chi connectivity index (χ1n) is 9.60. The number of hydrogen-bond donors (Lipinski definition) is 2. The van der Waals surface area contributed by atoms with Crippen molar-refractivity contribution < 1.29 is 14.4 Å². The maximum atomic E-state index is 13.5.